The predicted octanol–water partition coefficient (Wildman–Crippen LogP) is 4.41. The van der Waals surface area contributed by atoms with Gasteiger partial charge >= 0.3 is 0 Å². The zero-order chi connectivity index (χ0) is 20.4. The first-order valence-electron chi connectivity index (χ1n) is 9.62. The van der Waals surface area contributed by atoms with Crippen molar-refractivity contribution >= 4 is 45.6 Å². The molecule has 0 atom stereocenters. The minimum absolute atomic E-state index is 0.0771. The molecule has 1 saturated heterocycles. The van der Waals surface area contributed by atoms with Crippen molar-refractivity contribution in [2.75, 3.05) is 36.4 Å². The van der Waals surface area contributed by atoms with Crippen LogP contribution in [-0.2, 0) is 4.79 Å². The van der Waals surface area contributed by atoms with Crippen LogP contribution >= 0.6 is 11.6 Å². The first-order chi connectivity index (χ1) is 14.0. The van der Waals surface area contributed by atoms with Gasteiger partial charge in [-0.15, -0.1) is 0 Å². The third-order valence-corrected chi connectivity index (χ3v) is 5.62. The lowest BCUT2D eigenvalue weighted by atomic mass is 10.0. The fourth-order valence-electron chi connectivity index (χ4n) is 3.80. The Labute approximate surface area is 174 Å². The number of nitrogens with one attached hydrogen (secondary N) is 1. The van der Waals surface area contributed by atoms with E-state index in [2.05, 4.69) is 10.2 Å². The number of hydrogen-bond acceptors (Lipinski definition) is 3. The molecule has 3 aromatic rings. The van der Waals surface area contributed by atoms with Crippen LogP contribution in [0.1, 0.15) is 17.3 Å². The van der Waals surface area contributed by atoms with E-state index in [1.54, 1.807) is 6.92 Å². The summed E-state index contributed by atoms with van der Waals surface area (Å²) in [4.78, 5) is 28.6. The second kappa shape index (κ2) is 8.13. The molecule has 0 radical (unpaired) electrons. The Morgan fingerprint density at radius 1 is 0.897 bits per heavy atom. The molecule has 0 unspecified atom stereocenters. The Hall–Kier alpha value is -3.05. The van der Waals surface area contributed by atoms with Gasteiger partial charge in [-0.3, -0.25) is 9.59 Å². The fourth-order valence-corrected chi connectivity index (χ4v) is 4.09. The molecule has 3 aromatic carbocycles. The van der Waals surface area contributed by atoms with Crippen molar-refractivity contribution in [3.05, 3.63) is 71.2 Å². The van der Waals surface area contributed by atoms with Crippen LogP contribution < -0.4 is 10.2 Å². The van der Waals surface area contributed by atoms with Crippen molar-refractivity contribution in [3.8, 4) is 0 Å². The van der Waals surface area contributed by atoms with Gasteiger partial charge in [0.2, 0.25) is 5.91 Å². The number of carbonyl (C=O) groups is 2. The quantitative estimate of drug-likeness (QED) is 0.699. The molecule has 148 valence electrons. The standard InChI is InChI=1S/C23H22ClN3O2/c1-16(28)26-12-14-27(15-13-26)22-20(24)10-5-11-21(22)25-23(29)19-9-4-7-17-6-2-3-8-18(17)19/h2-11H,12-15H2,1H3,(H,25,29). The lowest BCUT2D eigenvalue weighted by Crippen LogP contribution is -2.48. The summed E-state index contributed by atoms with van der Waals surface area (Å²) in [5, 5.41) is 5.55. The molecule has 0 saturated carbocycles. The Morgan fingerprint density at radius 3 is 2.34 bits per heavy atom. The van der Waals surface area contributed by atoms with Gasteiger partial charge in [-0.05, 0) is 29.0 Å². The summed E-state index contributed by atoms with van der Waals surface area (Å²) in [7, 11) is 0. The van der Waals surface area contributed by atoms with E-state index in [1.165, 1.54) is 0 Å². The Kier molecular flexibility index (Phi) is 5.41. The van der Waals surface area contributed by atoms with E-state index >= 15 is 0 Å². The third kappa shape index (κ3) is 3.91. The van der Waals surface area contributed by atoms with Crippen LogP contribution in [-0.4, -0.2) is 42.9 Å². The van der Waals surface area contributed by atoms with Crippen LogP contribution in [0.15, 0.2) is 60.7 Å². The van der Waals surface area contributed by atoms with Gasteiger partial charge in [0.25, 0.3) is 5.91 Å². The van der Waals surface area contributed by atoms with Crippen molar-refractivity contribution in [3.63, 3.8) is 0 Å². The number of hydrogen-bond donors (Lipinski definition) is 1. The number of fused-ring (bicyclic) bond motifs is 1. The van der Waals surface area contributed by atoms with Crippen LogP contribution in [0, 0.1) is 0 Å². The summed E-state index contributed by atoms with van der Waals surface area (Å²) in [5.74, 6) is -0.0963. The van der Waals surface area contributed by atoms with Gasteiger partial charge < -0.3 is 15.1 Å². The molecule has 0 spiro atoms. The maximum absolute atomic E-state index is 13.1. The normalized spacial score (nSPS) is 14.1. The molecule has 1 aliphatic heterocycles. The van der Waals surface area contributed by atoms with E-state index in [0.717, 1.165) is 16.5 Å². The molecule has 29 heavy (non-hydrogen) atoms. The summed E-state index contributed by atoms with van der Waals surface area (Å²) >= 11 is 6.51. The first-order valence-corrected chi connectivity index (χ1v) is 10.0. The zero-order valence-corrected chi connectivity index (χ0v) is 16.9. The minimum atomic E-state index is -0.173. The molecular weight excluding hydrogens is 386 g/mol. The van der Waals surface area contributed by atoms with Crippen molar-refractivity contribution in [1.29, 1.82) is 0 Å². The predicted molar refractivity (Wildman–Crippen MR) is 118 cm³/mol. The van der Waals surface area contributed by atoms with Crippen molar-refractivity contribution in [2.24, 2.45) is 0 Å². The number of amides is 2. The first kappa shape index (κ1) is 19.3. The Balaban J connectivity index is 1.62. The second-order valence-electron chi connectivity index (χ2n) is 7.11. The largest absolute Gasteiger partial charge is 0.365 e. The molecule has 5 nitrogen and oxygen atoms in total. The Bertz CT molecular complexity index is 1070. The summed E-state index contributed by atoms with van der Waals surface area (Å²) < 4.78 is 0. The van der Waals surface area contributed by atoms with Crippen molar-refractivity contribution in [1.82, 2.24) is 4.90 Å². The molecule has 1 N–H and O–H groups in total. The monoisotopic (exact) mass is 407 g/mol. The van der Waals surface area contributed by atoms with Crippen LogP contribution in [0.4, 0.5) is 11.4 Å². The minimum Gasteiger partial charge on any atom is -0.365 e. The van der Waals surface area contributed by atoms with Crippen molar-refractivity contribution < 1.29 is 9.59 Å². The summed E-state index contributed by atoms with van der Waals surface area (Å²) in [5.41, 5.74) is 2.09. The number of carbonyl (C=O) groups excluding carboxylic acids is 2. The number of rotatable bonds is 3. The smallest absolute Gasteiger partial charge is 0.256 e. The molecule has 0 aliphatic carbocycles. The number of halogens is 1. The van der Waals surface area contributed by atoms with E-state index in [1.807, 2.05) is 65.6 Å². The highest BCUT2D eigenvalue weighted by atomic mass is 35.5. The van der Waals surface area contributed by atoms with E-state index in [4.69, 9.17) is 11.6 Å². The zero-order valence-electron chi connectivity index (χ0n) is 16.2. The highest BCUT2D eigenvalue weighted by Crippen LogP contribution is 2.35. The average Bonchev–Trinajstić information content (AvgIpc) is 2.73. The summed E-state index contributed by atoms with van der Waals surface area (Å²) in [6.45, 7) is 4.19. The van der Waals surface area contributed by atoms with Crippen LogP contribution in [0.3, 0.4) is 0 Å². The molecule has 1 fully saturated rings. The van der Waals surface area contributed by atoms with E-state index in [-0.39, 0.29) is 11.8 Å². The van der Waals surface area contributed by atoms with Gasteiger partial charge in [-0.1, -0.05) is 54.1 Å². The molecule has 1 aliphatic rings. The fraction of sp³-hybridized carbons (Fsp3) is 0.217. The van der Waals surface area contributed by atoms with E-state index in [0.29, 0.717) is 42.5 Å². The number of piperazine rings is 1. The second-order valence-corrected chi connectivity index (χ2v) is 7.52. The highest BCUT2D eigenvalue weighted by molar-refractivity contribution is 6.34. The van der Waals surface area contributed by atoms with Crippen LogP contribution in [0.5, 0.6) is 0 Å². The van der Waals surface area contributed by atoms with Gasteiger partial charge in [-0.25, -0.2) is 0 Å². The van der Waals surface area contributed by atoms with E-state index < -0.39 is 0 Å². The molecule has 0 aromatic heterocycles. The number of benzene rings is 3. The number of anilines is 2. The third-order valence-electron chi connectivity index (χ3n) is 5.31. The van der Waals surface area contributed by atoms with Gasteiger partial charge in [0.05, 0.1) is 16.4 Å². The average molecular weight is 408 g/mol. The maximum Gasteiger partial charge on any atom is 0.256 e. The molecule has 2 amide bonds. The lowest BCUT2D eigenvalue weighted by Gasteiger charge is -2.37. The maximum atomic E-state index is 13.1. The molecule has 4 rings (SSSR count). The number of para-hydroxylation sites is 1. The Morgan fingerprint density at radius 2 is 1.59 bits per heavy atom. The van der Waals surface area contributed by atoms with Crippen LogP contribution in [0.2, 0.25) is 5.02 Å². The highest BCUT2D eigenvalue weighted by Gasteiger charge is 2.23. The van der Waals surface area contributed by atoms with Crippen molar-refractivity contribution in [2.45, 2.75) is 6.92 Å². The van der Waals surface area contributed by atoms with Gasteiger partial charge in [0.1, 0.15) is 0 Å². The van der Waals surface area contributed by atoms with E-state index in [9.17, 15) is 9.59 Å². The van der Waals surface area contributed by atoms with Gasteiger partial charge in [-0.2, -0.15) is 0 Å². The van der Waals surface area contributed by atoms with Gasteiger partial charge in [0, 0.05) is 38.7 Å². The molecule has 0 bridgehead atoms. The topological polar surface area (TPSA) is 52.7 Å². The molecule has 1 heterocycles. The summed E-state index contributed by atoms with van der Waals surface area (Å²) in [6, 6.07) is 19.0. The van der Waals surface area contributed by atoms with Crippen LogP contribution in [0.25, 0.3) is 10.8 Å². The summed E-state index contributed by atoms with van der Waals surface area (Å²) in [6.07, 6.45) is 0. The number of nitrogens with zero attached hydrogens (tertiary/aromatic N) is 2. The lowest BCUT2D eigenvalue weighted by molar-refractivity contribution is -0.129. The van der Waals surface area contributed by atoms with Gasteiger partial charge in [0.15, 0.2) is 0 Å². The SMILES string of the molecule is CC(=O)N1CCN(c2c(Cl)cccc2NC(=O)c2cccc3ccccc23)CC1. The molecule has 6 heteroatoms. The molecular formula is C23H22ClN3O2.